The molecule has 1 saturated carbocycles. The van der Waals surface area contributed by atoms with E-state index in [4.69, 9.17) is 11.6 Å². The van der Waals surface area contributed by atoms with Gasteiger partial charge in [0, 0.05) is 31.6 Å². The summed E-state index contributed by atoms with van der Waals surface area (Å²) in [5.41, 5.74) is 0.910. The van der Waals surface area contributed by atoms with Crippen molar-refractivity contribution < 1.29 is 13.2 Å². The summed E-state index contributed by atoms with van der Waals surface area (Å²) in [4.78, 5) is 14.6. The van der Waals surface area contributed by atoms with E-state index in [-0.39, 0.29) is 5.91 Å². The fourth-order valence-corrected chi connectivity index (χ4v) is 6.85. The van der Waals surface area contributed by atoms with Gasteiger partial charge in [-0.1, -0.05) is 49.9 Å². The molecule has 3 rings (SSSR count). The van der Waals surface area contributed by atoms with E-state index in [0.717, 1.165) is 37.7 Å². The Balaban J connectivity index is 2.23. The highest BCUT2D eigenvalue weighted by Gasteiger charge is 2.54. The Morgan fingerprint density at radius 1 is 1.21 bits per heavy atom. The van der Waals surface area contributed by atoms with Gasteiger partial charge in [-0.3, -0.25) is 4.79 Å². The molecule has 0 radical (unpaired) electrons. The minimum atomic E-state index is -3.66. The fourth-order valence-electron chi connectivity index (χ4n) is 4.64. The SMILES string of the molecule is CCC(=O)N(CC)CC1=C(c2cccc(Cl)c2)S(=O)(=O)N(C)C12CCCCC2. The van der Waals surface area contributed by atoms with Gasteiger partial charge in [0.2, 0.25) is 15.9 Å². The van der Waals surface area contributed by atoms with E-state index >= 15 is 0 Å². The minimum absolute atomic E-state index is 0.0401. The molecule has 7 heteroatoms. The van der Waals surface area contributed by atoms with Crippen molar-refractivity contribution >= 4 is 32.4 Å². The van der Waals surface area contributed by atoms with Crippen molar-refractivity contribution in [2.45, 2.75) is 57.9 Å². The Bertz CT molecular complexity index is 889. The molecule has 0 aromatic heterocycles. The van der Waals surface area contributed by atoms with Crippen LogP contribution in [0.1, 0.15) is 57.9 Å². The van der Waals surface area contributed by atoms with Crippen molar-refractivity contribution in [2.24, 2.45) is 0 Å². The van der Waals surface area contributed by atoms with E-state index in [2.05, 4.69) is 0 Å². The molecule has 1 fully saturated rings. The van der Waals surface area contributed by atoms with E-state index in [1.165, 1.54) is 0 Å². The summed E-state index contributed by atoms with van der Waals surface area (Å²) < 4.78 is 28.6. The Morgan fingerprint density at radius 2 is 1.89 bits per heavy atom. The molecule has 2 aliphatic rings. The molecular weight excluding hydrogens is 396 g/mol. The zero-order valence-electron chi connectivity index (χ0n) is 16.9. The Kier molecular flexibility index (Phi) is 6.23. The van der Waals surface area contributed by atoms with Gasteiger partial charge in [-0.15, -0.1) is 0 Å². The molecule has 154 valence electrons. The molecule has 5 nitrogen and oxygen atoms in total. The van der Waals surface area contributed by atoms with Gasteiger partial charge in [0.25, 0.3) is 0 Å². The topological polar surface area (TPSA) is 57.7 Å². The zero-order valence-corrected chi connectivity index (χ0v) is 18.4. The monoisotopic (exact) mass is 424 g/mol. The number of hydrogen-bond acceptors (Lipinski definition) is 3. The fraction of sp³-hybridized carbons (Fsp3) is 0.571. The van der Waals surface area contributed by atoms with Gasteiger partial charge in [0.05, 0.1) is 10.4 Å². The molecule has 1 heterocycles. The van der Waals surface area contributed by atoms with Crippen LogP contribution in [-0.2, 0) is 14.8 Å². The molecule has 1 aromatic rings. The van der Waals surface area contributed by atoms with Gasteiger partial charge in [0.15, 0.2) is 0 Å². The van der Waals surface area contributed by atoms with Crippen LogP contribution in [0.5, 0.6) is 0 Å². The van der Waals surface area contributed by atoms with E-state index in [0.29, 0.717) is 35.0 Å². The Morgan fingerprint density at radius 3 is 2.46 bits per heavy atom. The third-order valence-electron chi connectivity index (χ3n) is 6.21. The normalized spacial score (nSPS) is 21.3. The number of hydrogen-bond donors (Lipinski definition) is 0. The lowest BCUT2D eigenvalue weighted by atomic mass is 9.75. The number of likely N-dealkylation sites (N-methyl/N-ethyl adjacent to an activating group) is 2. The molecule has 1 amide bonds. The van der Waals surface area contributed by atoms with Crippen LogP contribution in [0.25, 0.3) is 4.91 Å². The molecule has 1 aliphatic heterocycles. The Labute approximate surface area is 173 Å². The third kappa shape index (κ3) is 3.51. The van der Waals surface area contributed by atoms with E-state index < -0.39 is 15.6 Å². The molecule has 1 aliphatic carbocycles. The van der Waals surface area contributed by atoms with Crippen molar-refractivity contribution in [3.8, 4) is 0 Å². The van der Waals surface area contributed by atoms with Crippen molar-refractivity contribution in [1.82, 2.24) is 9.21 Å². The molecular formula is C21H29ClN2O3S. The highest BCUT2D eigenvalue weighted by atomic mass is 35.5. The number of benzene rings is 1. The van der Waals surface area contributed by atoms with E-state index in [9.17, 15) is 13.2 Å². The third-order valence-corrected chi connectivity index (χ3v) is 8.51. The van der Waals surface area contributed by atoms with Crippen LogP contribution in [0, 0.1) is 0 Å². The summed E-state index contributed by atoms with van der Waals surface area (Å²) in [5, 5.41) is 0.503. The summed E-state index contributed by atoms with van der Waals surface area (Å²) in [7, 11) is -1.97. The second-order valence-corrected chi connectivity index (χ2v) is 9.99. The van der Waals surface area contributed by atoms with Gasteiger partial charge < -0.3 is 4.90 Å². The van der Waals surface area contributed by atoms with Crippen LogP contribution >= 0.6 is 11.6 Å². The molecule has 0 N–H and O–H groups in total. The molecule has 1 spiro atoms. The maximum absolute atomic E-state index is 13.5. The first-order valence-corrected chi connectivity index (χ1v) is 11.9. The van der Waals surface area contributed by atoms with Crippen molar-refractivity contribution in [1.29, 1.82) is 0 Å². The van der Waals surface area contributed by atoms with Gasteiger partial charge in [-0.2, -0.15) is 4.31 Å². The zero-order chi connectivity index (χ0) is 20.5. The van der Waals surface area contributed by atoms with Gasteiger partial charge in [-0.25, -0.2) is 8.42 Å². The number of sulfonamides is 1. The van der Waals surface area contributed by atoms with Crippen LogP contribution in [-0.4, -0.2) is 49.2 Å². The number of carbonyl (C=O) groups excluding carboxylic acids is 1. The molecule has 0 saturated heterocycles. The molecule has 0 bridgehead atoms. The highest BCUT2D eigenvalue weighted by Crippen LogP contribution is 2.51. The number of rotatable bonds is 5. The van der Waals surface area contributed by atoms with Gasteiger partial charge >= 0.3 is 0 Å². The summed E-state index contributed by atoms with van der Waals surface area (Å²) >= 11 is 6.19. The van der Waals surface area contributed by atoms with Crippen molar-refractivity contribution in [2.75, 3.05) is 20.1 Å². The first-order valence-electron chi connectivity index (χ1n) is 10.0. The number of amides is 1. The summed E-state index contributed by atoms with van der Waals surface area (Å²) in [6.07, 6.45) is 5.07. The van der Waals surface area contributed by atoms with E-state index in [1.54, 1.807) is 40.5 Å². The lowest BCUT2D eigenvalue weighted by Crippen LogP contribution is -2.49. The molecule has 1 aromatic carbocycles. The maximum Gasteiger partial charge on any atom is 0.244 e. The van der Waals surface area contributed by atoms with Crippen LogP contribution in [0.4, 0.5) is 0 Å². The first-order chi connectivity index (χ1) is 13.3. The van der Waals surface area contributed by atoms with Crippen LogP contribution < -0.4 is 0 Å². The predicted octanol–water partition coefficient (Wildman–Crippen LogP) is 4.29. The quantitative estimate of drug-likeness (QED) is 0.708. The van der Waals surface area contributed by atoms with Gasteiger partial charge in [0.1, 0.15) is 0 Å². The second kappa shape index (κ2) is 8.17. The molecule has 28 heavy (non-hydrogen) atoms. The minimum Gasteiger partial charge on any atom is -0.339 e. The smallest absolute Gasteiger partial charge is 0.244 e. The van der Waals surface area contributed by atoms with E-state index in [1.807, 2.05) is 13.8 Å². The standard InChI is InChI=1S/C21H29ClN2O3S/c1-4-19(25)24(5-2)15-18-20(16-10-9-11-17(22)14-16)28(26,27)23(3)21(18)12-7-6-8-13-21/h9-11,14H,4-8,12-13,15H2,1-3H3. The second-order valence-electron chi connectivity index (χ2n) is 7.64. The average molecular weight is 425 g/mol. The average Bonchev–Trinajstić information content (AvgIpc) is 2.84. The lowest BCUT2D eigenvalue weighted by Gasteiger charge is -2.41. The van der Waals surface area contributed by atoms with Crippen molar-refractivity contribution in [3.05, 3.63) is 40.4 Å². The van der Waals surface area contributed by atoms with Crippen LogP contribution in [0.15, 0.2) is 29.8 Å². The summed E-state index contributed by atoms with van der Waals surface area (Å²) in [6, 6.07) is 7.03. The number of carbonyl (C=O) groups is 1. The maximum atomic E-state index is 13.5. The van der Waals surface area contributed by atoms with Crippen molar-refractivity contribution in [3.63, 3.8) is 0 Å². The first kappa shape index (κ1) is 21.3. The highest BCUT2D eigenvalue weighted by molar-refractivity contribution is 7.98. The van der Waals surface area contributed by atoms with Gasteiger partial charge in [-0.05, 0) is 43.0 Å². The van der Waals surface area contributed by atoms with Crippen LogP contribution in [0.2, 0.25) is 5.02 Å². The Hall–Kier alpha value is -1.37. The molecule has 0 atom stereocenters. The largest absolute Gasteiger partial charge is 0.339 e. The number of nitrogens with zero attached hydrogens (tertiary/aromatic N) is 2. The predicted molar refractivity (Wildman–Crippen MR) is 113 cm³/mol. The molecule has 0 unspecified atom stereocenters. The van der Waals surface area contributed by atoms with Crippen LogP contribution in [0.3, 0.4) is 0 Å². The summed E-state index contributed by atoms with van der Waals surface area (Å²) in [5.74, 6) is 0.0401. The lowest BCUT2D eigenvalue weighted by molar-refractivity contribution is -0.130. The summed E-state index contributed by atoms with van der Waals surface area (Å²) in [6.45, 7) is 4.67. The number of halogens is 1.